The maximum atomic E-state index is 11.9. The van der Waals surface area contributed by atoms with Gasteiger partial charge in [0, 0.05) is 11.9 Å². The highest BCUT2D eigenvalue weighted by molar-refractivity contribution is 7.99. The van der Waals surface area contributed by atoms with E-state index in [1.54, 1.807) is 6.92 Å². The number of carbonyl (C=O) groups excluding carboxylic acids is 1. The maximum absolute atomic E-state index is 11.9. The zero-order valence-electron chi connectivity index (χ0n) is 8.77. The van der Waals surface area contributed by atoms with Crippen LogP contribution < -0.4 is 5.73 Å². The number of nitrogens with two attached hydrogens (primary N) is 1. The third kappa shape index (κ3) is 3.34. The molecule has 0 spiro atoms. The van der Waals surface area contributed by atoms with Gasteiger partial charge in [0.05, 0.1) is 13.3 Å². The van der Waals surface area contributed by atoms with Gasteiger partial charge in [0.1, 0.15) is 11.4 Å². The molecular formula is C9H12FN3O2S. The molecule has 1 aromatic heterocycles. The number of nitrogen functional groups attached to an aromatic ring is 1. The molecule has 0 bridgehead atoms. The van der Waals surface area contributed by atoms with E-state index >= 15 is 0 Å². The molecular weight excluding hydrogens is 233 g/mol. The number of nitrogens with zero attached hydrogens (tertiary/aromatic N) is 2. The molecule has 1 aromatic rings. The zero-order valence-corrected chi connectivity index (χ0v) is 9.59. The van der Waals surface area contributed by atoms with Crippen molar-refractivity contribution in [2.75, 3.05) is 24.8 Å². The summed E-state index contributed by atoms with van der Waals surface area (Å²) in [4.78, 5) is 19.1. The van der Waals surface area contributed by atoms with Gasteiger partial charge in [-0.3, -0.25) is 4.39 Å². The van der Waals surface area contributed by atoms with E-state index in [9.17, 15) is 9.18 Å². The molecule has 0 fully saturated rings. The summed E-state index contributed by atoms with van der Waals surface area (Å²) >= 11 is 1.14. The highest BCUT2D eigenvalue weighted by atomic mass is 32.2. The molecule has 5 nitrogen and oxygen atoms in total. The Bertz CT molecular complexity index is 376. The zero-order chi connectivity index (χ0) is 12.0. The normalized spacial score (nSPS) is 10.1. The Labute approximate surface area is 96.6 Å². The van der Waals surface area contributed by atoms with Crippen molar-refractivity contribution in [1.29, 1.82) is 0 Å². The molecule has 16 heavy (non-hydrogen) atoms. The van der Waals surface area contributed by atoms with E-state index in [0.29, 0.717) is 5.16 Å². The third-order valence-electron chi connectivity index (χ3n) is 1.60. The smallest absolute Gasteiger partial charge is 0.343 e. The molecule has 0 unspecified atom stereocenters. The predicted molar refractivity (Wildman–Crippen MR) is 59.1 cm³/mol. The van der Waals surface area contributed by atoms with Crippen molar-refractivity contribution in [3.8, 4) is 0 Å². The van der Waals surface area contributed by atoms with E-state index in [0.717, 1.165) is 11.8 Å². The molecule has 2 N–H and O–H groups in total. The first-order valence-electron chi connectivity index (χ1n) is 4.67. The molecule has 0 amide bonds. The second kappa shape index (κ2) is 6.26. The van der Waals surface area contributed by atoms with Gasteiger partial charge in [-0.25, -0.2) is 14.8 Å². The maximum Gasteiger partial charge on any atom is 0.343 e. The topological polar surface area (TPSA) is 78.1 Å². The van der Waals surface area contributed by atoms with Gasteiger partial charge in [-0.2, -0.15) is 0 Å². The SMILES string of the molecule is CCOC(=O)c1cnc(SCCF)nc1N. The largest absolute Gasteiger partial charge is 0.462 e. The number of halogens is 1. The monoisotopic (exact) mass is 245 g/mol. The van der Waals surface area contributed by atoms with E-state index in [2.05, 4.69) is 9.97 Å². The van der Waals surface area contributed by atoms with Crippen LogP contribution in [-0.2, 0) is 4.74 Å². The second-order valence-electron chi connectivity index (χ2n) is 2.71. The molecule has 0 aliphatic carbocycles. The van der Waals surface area contributed by atoms with Crippen LogP contribution in [0.15, 0.2) is 11.4 Å². The van der Waals surface area contributed by atoms with Crippen LogP contribution in [0, 0.1) is 0 Å². The number of ether oxygens (including phenoxy) is 1. The first-order chi connectivity index (χ1) is 7.69. The minimum absolute atomic E-state index is 0.0507. The van der Waals surface area contributed by atoms with Gasteiger partial charge in [-0.1, -0.05) is 11.8 Å². The van der Waals surface area contributed by atoms with Crippen LogP contribution in [0.3, 0.4) is 0 Å². The first kappa shape index (κ1) is 12.7. The highest BCUT2D eigenvalue weighted by Gasteiger charge is 2.13. The summed E-state index contributed by atoms with van der Waals surface area (Å²) in [6.07, 6.45) is 1.29. The van der Waals surface area contributed by atoms with E-state index in [4.69, 9.17) is 10.5 Å². The molecule has 0 atom stereocenters. The van der Waals surface area contributed by atoms with E-state index in [-0.39, 0.29) is 23.7 Å². The predicted octanol–water partition coefficient (Wildman–Crippen LogP) is 1.30. The van der Waals surface area contributed by atoms with Crippen molar-refractivity contribution >= 4 is 23.5 Å². The Hall–Kier alpha value is -1.37. The molecule has 7 heteroatoms. The van der Waals surface area contributed by atoms with Gasteiger partial charge >= 0.3 is 5.97 Å². The summed E-state index contributed by atoms with van der Waals surface area (Å²) in [5.74, 6) is -0.241. The van der Waals surface area contributed by atoms with Gasteiger partial charge in [-0.05, 0) is 6.92 Å². The lowest BCUT2D eigenvalue weighted by molar-refractivity contribution is 0.0526. The molecule has 0 saturated heterocycles. The fraction of sp³-hybridized carbons (Fsp3) is 0.444. The summed E-state index contributed by atoms with van der Waals surface area (Å²) in [6, 6.07) is 0. The lowest BCUT2D eigenvalue weighted by Gasteiger charge is -2.05. The number of alkyl halides is 1. The highest BCUT2D eigenvalue weighted by Crippen LogP contribution is 2.16. The van der Waals surface area contributed by atoms with Crippen molar-refractivity contribution in [1.82, 2.24) is 9.97 Å². The second-order valence-corrected chi connectivity index (χ2v) is 3.77. The molecule has 0 radical (unpaired) electrons. The van der Waals surface area contributed by atoms with Gasteiger partial charge in [0.25, 0.3) is 0 Å². The van der Waals surface area contributed by atoms with Crippen LogP contribution in [0.5, 0.6) is 0 Å². The number of thioether (sulfide) groups is 1. The Balaban J connectivity index is 2.78. The van der Waals surface area contributed by atoms with Crippen molar-refractivity contribution in [3.63, 3.8) is 0 Å². The standard InChI is InChI=1S/C9H12FN3O2S/c1-2-15-8(14)6-5-12-9(13-7(6)11)16-4-3-10/h5H,2-4H2,1H3,(H2,11,12,13). The molecule has 1 rings (SSSR count). The van der Waals surface area contributed by atoms with Crippen LogP contribution in [-0.4, -0.2) is 35.0 Å². The van der Waals surface area contributed by atoms with E-state index in [1.165, 1.54) is 6.20 Å². The minimum Gasteiger partial charge on any atom is -0.462 e. The van der Waals surface area contributed by atoms with Crippen LogP contribution in [0.1, 0.15) is 17.3 Å². The van der Waals surface area contributed by atoms with E-state index < -0.39 is 12.6 Å². The summed E-state index contributed by atoms with van der Waals surface area (Å²) < 4.78 is 16.7. The average Bonchev–Trinajstić information content (AvgIpc) is 2.26. The lowest BCUT2D eigenvalue weighted by Crippen LogP contribution is -2.10. The molecule has 1 heterocycles. The Morgan fingerprint density at radius 2 is 2.44 bits per heavy atom. The number of esters is 1. The number of anilines is 1. The summed E-state index contributed by atoms with van der Waals surface area (Å²) in [6.45, 7) is 1.49. The molecule has 0 aliphatic heterocycles. The van der Waals surface area contributed by atoms with Gasteiger partial charge < -0.3 is 10.5 Å². The molecule has 0 saturated carbocycles. The van der Waals surface area contributed by atoms with E-state index in [1.807, 2.05) is 0 Å². The number of aromatic nitrogens is 2. The number of rotatable bonds is 5. The lowest BCUT2D eigenvalue weighted by atomic mass is 10.3. The van der Waals surface area contributed by atoms with Crippen molar-refractivity contribution in [2.45, 2.75) is 12.1 Å². The Morgan fingerprint density at radius 1 is 1.69 bits per heavy atom. The summed E-state index contributed by atoms with van der Waals surface area (Å²) in [5, 5.41) is 0.350. The van der Waals surface area contributed by atoms with Crippen LogP contribution in [0.25, 0.3) is 0 Å². The average molecular weight is 245 g/mol. The summed E-state index contributed by atoms with van der Waals surface area (Å²) in [5.41, 5.74) is 5.70. The Kier molecular flexibility index (Phi) is 4.97. The third-order valence-corrected chi connectivity index (χ3v) is 2.41. The number of carbonyl (C=O) groups is 1. The van der Waals surface area contributed by atoms with Crippen LogP contribution >= 0.6 is 11.8 Å². The molecule has 0 aromatic carbocycles. The fourth-order valence-electron chi connectivity index (χ4n) is 0.944. The van der Waals surface area contributed by atoms with Crippen molar-refractivity contribution in [2.24, 2.45) is 0 Å². The van der Waals surface area contributed by atoms with Gasteiger partial charge in [0.2, 0.25) is 0 Å². The van der Waals surface area contributed by atoms with Crippen molar-refractivity contribution in [3.05, 3.63) is 11.8 Å². The molecule has 88 valence electrons. The Morgan fingerprint density at radius 3 is 3.00 bits per heavy atom. The summed E-state index contributed by atoms with van der Waals surface area (Å²) in [7, 11) is 0. The van der Waals surface area contributed by atoms with Crippen LogP contribution in [0.4, 0.5) is 10.2 Å². The van der Waals surface area contributed by atoms with Crippen LogP contribution in [0.2, 0.25) is 0 Å². The number of hydrogen-bond acceptors (Lipinski definition) is 6. The number of hydrogen-bond donors (Lipinski definition) is 1. The van der Waals surface area contributed by atoms with Crippen molar-refractivity contribution < 1.29 is 13.9 Å². The molecule has 0 aliphatic rings. The van der Waals surface area contributed by atoms with Gasteiger partial charge in [-0.15, -0.1) is 0 Å². The quantitative estimate of drug-likeness (QED) is 0.478. The minimum atomic E-state index is -0.554. The first-order valence-corrected chi connectivity index (χ1v) is 5.66. The van der Waals surface area contributed by atoms with Gasteiger partial charge in [0.15, 0.2) is 5.16 Å². The fourth-order valence-corrected chi connectivity index (χ4v) is 1.49.